The van der Waals surface area contributed by atoms with Gasteiger partial charge in [0.1, 0.15) is 18.0 Å². The van der Waals surface area contributed by atoms with Crippen LogP contribution in [0.25, 0.3) is 0 Å². The summed E-state index contributed by atoms with van der Waals surface area (Å²) in [6.45, 7) is 1.33. The molecule has 9 heteroatoms. The average molecular weight is 357 g/mol. The molecule has 9 nitrogen and oxygen atoms in total. The molecule has 0 aliphatic carbocycles. The molecular weight excluding hydrogens is 334 g/mol. The third-order valence-corrected chi connectivity index (χ3v) is 4.36. The Morgan fingerprint density at radius 2 is 2.27 bits per heavy atom. The maximum absolute atomic E-state index is 12.1. The summed E-state index contributed by atoms with van der Waals surface area (Å²) >= 11 is 0. The van der Waals surface area contributed by atoms with Gasteiger partial charge >= 0.3 is 0 Å². The van der Waals surface area contributed by atoms with E-state index in [1.165, 1.54) is 12.5 Å². The number of carbonyl (C=O) groups excluding carboxylic acids is 1. The first-order valence-corrected chi connectivity index (χ1v) is 8.49. The molecule has 0 radical (unpaired) electrons. The van der Waals surface area contributed by atoms with Gasteiger partial charge < -0.3 is 20.2 Å². The summed E-state index contributed by atoms with van der Waals surface area (Å²) in [6, 6.07) is 5.13. The number of anilines is 2. The van der Waals surface area contributed by atoms with Gasteiger partial charge in [0.15, 0.2) is 5.69 Å². The highest BCUT2D eigenvalue weighted by Gasteiger charge is 2.34. The van der Waals surface area contributed by atoms with E-state index < -0.39 is 5.60 Å². The van der Waals surface area contributed by atoms with Crippen molar-refractivity contribution in [1.82, 2.24) is 25.5 Å². The fourth-order valence-electron chi connectivity index (χ4n) is 2.96. The largest absolute Gasteiger partial charge is 0.386 e. The van der Waals surface area contributed by atoms with Gasteiger partial charge in [0.05, 0.1) is 5.60 Å². The predicted octanol–water partition coefficient (Wildman–Crippen LogP) is 0.0939. The van der Waals surface area contributed by atoms with E-state index in [1.807, 2.05) is 30.0 Å². The second kappa shape index (κ2) is 7.61. The SMILES string of the molecule is CN(C)c1cc(N2CCC[C@](O)(CNC(=O)c3cccnn3)C2)ncn1. The number of carbonyl (C=O) groups is 1. The van der Waals surface area contributed by atoms with E-state index in [2.05, 4.69) is 25.5 Å². The van der Waals surface area contributed by atoms with Gasteiger partial charge in [0.25, 0.3) is 5.91 Å². The number of piperidine rings is 1. The number of nitrogens with zero attached hydrogens (tertiary/aromatic N) is 6. The van der Waals surface area contributed by atoms with Crippen molar-refractivity contribution in [2.75, 3.05) is 43.5 Å². The normalized spacial score (nSPS) is 19.9. The number of hydrogen-bond acceptors (Lipinski definition) is 8. The van der Waals surface area contributed by atoms with Crippen molar-refractivity contribution in [3.8, 4) is 0 Å². The molecule has 3 heterocycles. The lowest BCUT2D eigenvalue weighted by Gasteiger charge is -2.40. The second-order valence-electron chi connectivity index (χ2n) is 6.67. The maximum atomic E-state index is 12.1. The highest BCUT2D eigenvalue weighted by Crippen LogP contribution is 2.25. The van der Waals surface area contributed by atoms with Gasteiger partial charge in [-0.25, -0.2) is 9.97 Å². The number of rotatable bonds is 5. The number of nitrogens with one attached hydrogen (secondary N) is 1. The maximum Gasteiger partial charge on any atom is 0.271 e. The van der Waals surface area contributed by atoms with Crippen LogP contribution in [0, 0.1) is 0 Å². The van der Waals surface area contributed by atoms with E-state index in [0.717, 1.165) is 24.6 Å². The summed E-state index contributed by atoms with van der Waals surface area (Å²) in [7, 11) is 3.83. The monoisotopic (exact) mass is 357 g/mol. The lowest BCUT2D eigenvalue weighted by atomic mass is 9.92. The minimum Gasteiger partial charge on any atom is -0.386 e. The summed E-state index contributed by atoms with van der Waals surface area (Å²) in [5.74, 6) is 1.22. The molecule has 1 aliphatic rings. The Morgan fingerprint density at radius 3 is 3.00 bits per heavy atom. The number of aliphatic hydroxyl groups is 1. The lowest BCUT2D eigenvalue weighted by Crippen LogP contribution is -2.54. The highest BCUT2D eigenvalue weighted by molar-refractivity contribution is 5.92. The van der Waals surface area contributed by atoms with Gasteiger partial charge in [-0.2, -0.15) is 5.10 Å². The Labute approximate surface area is 152 Å². The fourth-order valence-corrected chi connectivity index (χ4v) is 2.96. The molecule has 26 heavy (non-hydrogen) atoms. The lowest BCUT2D eigenvalue weighted by molar-refractivity contribution is 0.0253. The van der Waals surface area contributed by atoms with Crippen LogP contribution < -0.4 is 15.1 Å². The van der Waals surface area contributed by atoms with Crippen LogP contribution in [0.3, 0.4) is 0 Å². The molecule has 1 amide bonds. The molecule has 1 fully saturated rings. The van der Waals surface area contributed by atoms with Gasteiger partial charge in [0.2, 0.25) is 0 Å². The summed E-state index contributed by atoms with van der Waals surface area (Å²) in [6.07, 6.45) is 4.44. The van der Waals surface area contributed by atoms with E-state index in [-0.39, 0.29) is 18.1 Å². The molecular formula is C17H23N7O2. The Hall–Kier alpha value is -2.81. The molecule has 0 bridgehead atoms. The van der Waals surface area contributed by atoms with E-state index in [4.69, 9.17) is 0 Å². The first-order valence-electron chi connectivity index (χ1n) is 8.49. The number of β-amino-alcohol motifs (C(OH)–C–C–N with tert-alkyl or cyclic N) is 1. The summed E-state index contributed by atoms with van der Waals surface area (Å²) in [4.78, 5) is 24.6. The van der Waals surface area contributed by atoms with E-state index in [0.29, 0.717) is 13.0 Å². The molecule has 2 N–H and O–H groups in total. The second-order valence-corrected chi connectivity index (χ2v) is 6.67. The van der Waals surface area contributed by atoms with Crippen LogP contribution in [-0.2, 0) is 0 Å². The van der Waals surface area contributed by atoms with Gasteiger partial charge in [-0.1, -0.05) is 0 Å². The Kier molecular flexibility index (Phi) is 5.27. The number of amides is 1. The fraction of sp³-hybridized carbons (Fsp3) is 0.471. The first-order chi connectivity index (χ1) is 12.5. The Morgan fingerprint density at radius 1 is 1.42 bits per heavy atom. The summed E-state index contributed by atoms with van der Waals surface area (Å²) in [5, 5.41) is 21.2. The topological polar surface area (TPSA) is 107 Å². The zero-order valence-corrected chi connectivity index (χ0v) is 15.0. The van der Waals surface area contributed by atoms with Crippen LogP contribution in [0.4, 0.5) is 11.6 Å². The third-order valence-electron chi connectivity index (χ3n) is 4.36. The predicted molar refractivity (Wildman–Crippen MR) is 97.1 cm³/mol. The van der Waals surface area contributed by atoms with Crippen molar-refractivity contribution >= 4 is 17.5 Å². The summed E-state index contributed by atoms with van der Waals surface area (Å²) in [5.41, 5.74) is -0.797. The van der Waals surface area contributed by atoms with Gasteiger partial charge in [-0.05, 0) is 25.0 Å². The van der Waals surface area contributed by atoms with Crippen molar-refractivity contribution in [1.29, 1.82) is 0 Å². The van der Waals surface area contributed by atoms with Crippen molar-refractivity contribution in [2.45, 2.75) is 18.4 Å². The molecule has 0 aromatic carbocycles. The van der Waals surface area contributed by atoms with Crippen LogP contribution in [0.5, 0.6) is 0 Å². The standard InChI is InChI=1S/C17H23N7O2/c1-23(2)14-9-15(20-12-19-14)24-8-4-6-17(26,11-24)10-18-16(25)13-5-3-7-21-22-13/h3,5,7,9,12,26H,4,6,8,10-11H2,1-2H3,(H,18,25)/t17-/m0/s1. The van der Waals surface area contributed by atoms with E-state index in [1.54, 1.807) is 12.1 Å². The number of aromatic nitrogens is 4. The Balaban J connectivity index is 1.65. The minimum atomic E-state index is -1.03. The Bertz CT molecular complexity index is 756. The molecule has 1 atom stereocenters. The molecule has 1 aliphatic heterocycles. The molecule has 3 rings (SSSR count). The van der Waals surface area contributed by atoms with Crippen LogP contribution >= 0.6 is 0 Å². The van der Waals surface area contributed by atoms with E-state index in [9.17, 15) is 9.90 Å². The van der Waals surface area contributed by atoms with Gasteiger partial charge in [-0.3, -0.25) is 4.79 Å². The third kappa shape index (κ3) is 4.23. The van der Waals surface area contributed by atoms with Crippen LogP contribution in [-0.4, -0.2) is 70.5 Å². The minimum absolute atomic E-state index is 0.143. The molecule has 2 aromatic rings. The van der Waals surface area contributed by atoms with Gasteiger partial charge in [-0.15, -0.1) is 5.10 Å². The average Bonchev–Trinajstić information content (AvgIpc) is 2.67. The molecule has 0 saturated carbocycles. The first kappa shape index (κ1) is 18.0. The molecule has 138 valence electrons. The van der Waals surface area contributed by atoms with Crippen molar-refractivity contribution in [3.05, 3.63) is 36.4 Å². The van der Waals surface area contributed by atoms with E-state index >= 15 is 0 Å². The van der Waals surface area contributed by atoms with Crippen LogP contribution in [0.1, 0.15) is 23.3 Å². The van der Waals surface area contributed by atoms with Crippen molar-refractivity contribution in [2.24, 2.45) is 0 Å². The highest BCUT2D eigenvalue weighted by atomic mass is 16.3. The smallest absolute Gasteiger partial charge is 0.271 e. The molecule has 1 saturated heterocycles. The quantitative estimate of drug-likeness (QED) is 0.775. The van der Waals surface area contributed by atoms with Crippen LogP contribution in [0.2, 0.25) is 0 Å². The van der Waals surface area contributed by atoms with Crippen LogP contribution in [0.15, 0.2) is 30.7 Å². The number of hydrogen-bond donors (Lipinski definition) is 2. The summed E-state index contributed by atoms with van der Waals surface area (Å²) < 4.78 is 0. The van der Waals surface area contributed by atoms with Gasteiger partial charge in [0, 0.05) is 46.0 Å². The zero-order chi connectivity index (χ0) is 18.6. The van der Waals surface area contributed by atoms with Crippen molar-refractivity contribution in [3.63, 3.8) is 0 Å². The zero-order valence-electron chi connectivity index (χ0n) is 15.0. The van der Waals surface area contributed by atoms with Crippen molar-refractivity contribution < 1.29 is 9.90 Å². The molecule has 2 aromatic heterocycles. The molecule has 0 spiro atoms. The molecule has 0 unspecified atom stereocenters.